The van der Waals surface area contributed by atoms with Crippen LogP contribution in [0.1, 0.15) is 27.7 Å². The van der Waals surface area contributed by atoms with E-state index in [1.807, 2.05) is 0 Å². The molecule has 0 radical (unpaired) electrons. The highest BCUT2D eigenvalue weighted by Gasteiger charge is 2.35. The largest absolute Gasteiger partial charge is 0.390 e. The minimum absolute atomic E-state index is 0.0531. The van der Waals surface area contributed by atoms with E-state index in [0.717, 1.165) is 6.54 Å². The summed E-state index contributed by atoms with van der Waals surface area (Å²) in [4.78, 5) is 2.34. The molecule has 0 bridgehead atoms. The van der Waals surface area contributed by atoms with Crippen LogP contribution in [0.5, 0.6) is 0 Å². The van der Waals surface area contributed by atoms with Crippen molar-refractivity contribution in [1.29, 1.82) is 0 Å². The summed E-state index contributed by atoms with van der Waals surface area (Å²) in [6.07, 6.45) is -0.762. The smallest absolute Gasteiger partial charge is 0.154 e. The Bertz CT molecular complexity index is 346. The lowest BCUT2D eigenvalue weighted by atomic mass is 10.2. The third-order valence-electron chi connectivity index (χ3n) is 3.43. The Morgan fingerprint density at radius 1 is 1.22 bits per heavy atom. The van der Waals surface area contributed by atoms with Gasteiger partial charge in [-0.15, -0.1) is 0 Å². The van der Waals surface area contributed by atoms with Gasteiger partial charge in [-0.1, -0.05) is 0 Å². The van der Waals surface area contributed by atoms with Crippen molar-refractivity contribution in [1.82, 2.24) is 10.2 Å². The van der Waals surface area contributed by atoms with Crippen molar-refractivity contribution in [2.75, 3.05) is 24.6 Å². The van der Waals surface area contributed by atoms with Gasteiger partial charge in [-0.3, -0.25) is 4.90 Å². The molecular formula is C12H26N2O3S. The Morgan fingerprint density at radius 3 is 2.17 bits per heavy atom. The van der Waals surface area contributed by atoms with Crippen molar-refractivity contribution in [3.05, 3.63) is 0 Å². The highest BCUT2D eigenvalue weighted by Crippen LogP contribution is 2.12. The number of aliphatic hydroxyl groups excluding tert-OH is 1. The molecule has 0 aromatic heterocycles. The summed E-state index contributed by atoms with van der Waals surface area (Å²) in [7, 11) is -3.05. The minimum Gasteiger partial charge on any atom is -0.390 e. The van der Waals surface area contributed by atoms with Crippen LogP contribution in [0.4, 0.5) is 0 Å². The molecule has 0 saturated carbocycles. The number of nitrogens with zero attached hydrogens (tertiary/aromatic N) is 1. The van der Waals surface area contributed by atoms with Crippen LogP contribution in [-0.2, 0) is 9.84 Å². The molecule has 2 N–H and O–H groups in total. The highest BCUT2D eigenvalue weighted by molar-refractivity contribution is 7.91. The van der Waals surface area contributed by atoms with Gasteiger partial charge in [-0.05, 0) is 27.7 Å². The first-order valence-electron chi connectivity index (χ1n) is 6.60. The Kier molecular flexibility index (Phi) is 5.58. The lowest BCUT2D eigenvalue weighted by Crippen LogP contribution is -2.46. The van der Waals surface area contributed by atoms with E-state index in [-0.39, 0.29) is 17.5 Å². The molecule has 1 aliphatic rings. The summed E-state index contributed by atoms with van der Waals surface area (Å²) in [6, 6.07) is 0.615. The second-order valence-corrected chi connectivity index (χ2v) is 7.78. The summed E-state index contributed by atoms with van der Waals surface area (Å²) < 4.78 is 22.7. The van der Waals surface area contributed by atoms with Crippen LogP contribution in [0.25, 0.3) is 0 Å². The molecule has 2 atom stereocenters. The average molecular weight is 278 g/mol. The molecule has 0 aromatic carbocycles. The predicted molar refractivity (Wildman–Crippen MR) is 73.4 cm³/mol. The third-order valence-corrected chi connectivity index (χ3v) is 5.14. The first kappa shape index (κ1) is 15.9. The molecule has 0 spiro atoms. The first-order chi connectivity index (χ1) is 8.23. The minimum atomic E-state index is -3.05. The lowest BCUT2D eigenvalue weighted by Gasteiger charge is -2.31. The van der Waals surface area contributed by atoms with Crippen LogP contribution in [0.3, 0.4) is 0 Å². The van der Waals surface area contributed by atoms with Gasteiger partial charge in [0.25, 0.3) is 0 Å². The van der Waals surface area contributed by atoms with Gasteiger partial charge in [0.2, 0.25) is 0 Å². The average Bonchev–Trinajstić information content (AvgIpc) is 2.45. The zero-order valence-electron chi connectivity index (χ0n) is 11.8. The number of aliphatic hydroxyl groups is 1. The fourth-order valence-corrected chi connectivity index (χ4v) is 4.29. The molecular weight excluding hydrogens is 252 g/mol. The van der Waals surface area contributed by atoms with E-state index in [0.29, 0.717) is 18.6 Å². The van der Waals surface area contributed by atoms with Crippen LogP contribution in [0.15, 0.2) is 0 Å². The van der Waals surface area contributed by atoms with Crippen LogP contribution >= 0.6 is 0 Å². The number of hydrogen-bond acceptors (Lipinski definition) is 5. The van der Waals surface area contributed by atoms with Gasteiger partial charge in [0, 0.05) is 31.2 Å². The van der Waals surface area contributed by atoms with Crippen molar-refractivity contribution in [2.24, 2.45) is 0 Å². The molecule has 0 amide bonds. The monoisotopic (exact) mass is 278 g/mol. The molecule has 2 unspecified atom stereocenters. The van der Waals surface area contributed by atoms with Gasteiger partial charge in [0.05, 0.1) is 17.6 Å². The molecule has 1 rings (SSSR count). The maximum absolute atomic E-state index is 11.4. The maximum Gasteiger partial charge on any atom is 0.154 e. The van der Waals surface area contributed by atoms with E-state index in [1.165, 1.54) is 0 Å². The summed E-state index contributed by atoms with van der Waals surface area (Å²) in [5.74, 6) is -0.0553. The summed E-state index contributed by atoms with van der Waals surface area (Å²) >= 11 is 0. The molecule has 0 aromatic rings. The van der Waals surface area contributed by atoms with E-state index >= 15 is 0 Å². The topological polar surface area (TPSA) is 69.6 Å². The van der Waals surface area contributed by atoms with Gasteiger partial charge in [-0.25, -0.2) is 8.42 Å². The van der Waals surface area contributed by atoms with Crippen LogP contribution in [-0.4, -0.2) is 67.2 Å². The standard InChI is InChI=1S/C12H26N2O3S/c1-9(2)14(10(3)4)6-5-13-11-7-18(16,17)8-12(11)15/h9-13,15H,5-8H2,1-4H3. The number of sulfone groups is 1. The molecule has 6 heteroatoms. The van der Waals surface area contributed by atoms with Crippen molar-refractivity contribution in [2.45, 2.75) is 51.9 Å². The zero-order chi connectivity index (χ0) is 13.9. The molecule has 5 nitrogen and oxygen atoms in total. The number of hydrogen-bond donors (Lipinski definition) is 2. The molecule has 18 heavy (non-hydrogen) atoms. The summed E-state index contributed by atoms with van der Waals surface area (Å²) in [5, 5.41) is 12.8. The highest BCUT2D eigenvalue weighted by atomic mass is 32.2. The Hall–Kier alpha value is -0.170. The van der Waals surface area contributed by atoms with Gasteiger partial charge < -0.3 is 10.4 Å². The Balaban J connectivity index is 2.38. The van der Waals surface area contributed by atoms with Gasteiger partial charge >= 0.3 is 0 Å². The van der Waals surface area contributed by atoms with E-state index in [9.17, 15) is 13.5 Å². The number of rotatable bonds is 6. The van der Waals surface area contributed by atoms with Crippen LogP contribution < -0.4 is 5.32 Å². The predicted octanol–water partition coefficient (Wildman–Crippen LogP) is -0.147. The van der Waals surface area contributed by atoms with Crippen LogP contribution in [0.2, 0.25) is 0 Å². The molecule has 1 heterocycles. The van der Waals surface area contributed by atoms with E-state index in [1.54, 1.807) is 0 Å². The van der Waals surface area contributed by atoms with E-state index < -0.39 is 15.9 Å². The first-order valence-corrected chi connectivity index (χ1v) is 8.42. The van der Waals surface area contributed by atoms with E-state index in [2.05, 4.69) is 37.9 Å². The molecule has 1 fully saturated rings. The molecule has 1 aliphatic heterocycles. The quantitative estimate of drug-likeness (QED) is 0.707. The Labute approximate surface area is 110 Å². The third kappa shape index (κ3) is 4.50. The van der Waals surface area contributed by atoms with E-state index in [4.69, 9.17) is 0 Å². The van der Waals surface area contributed by atoms with Gasteiger partial charge in [-0.2, -0.15) is 0 Å². The Morgan fingerprint density at radius 2 is 1.78 bits per heavy atom. The number of nitrogens with one attached hydrogen (secondary N) is 1. The van der Waals surface area contributed by atoms with Gasteiger partial charge in [0.1, 0.15) is 0 Å². The second-order valence-electron chi connectivity index (χ2n) is 5.63. The van der Waals surface area contributed by atoms with Crippen LogP contribution in [0, 0.1) is 0 Å². The lowest BCUT2D eigenvalue weighted by molar-refractivity contribution is 0.149. The summed E-state index contributed by atoms with van der Waals surface area (Å²) in [6.45, 7) is 10.2. The molecule has 1 saturated heterocycles. The maximum atomic E-state index is 11.4. The second kappa shape index (κ2) is 6.32. The SMILES string of the molecule is CC(C)N(CCNC1CS(=O)(=O)CC1O)C(C)C. The molecule has 108 valence electrons. The van der Waals surface area contributed by atoms with Gasteiger partial charge in [0.15, 0.2) is 9.84 Å². The van der Waals surface area contributed by atoms with Crippen molar-refractivity contribution in [3.8, 4) is 0 Å². The fourth-order valence-electron chi connectivity index (χ4n) is 2.52. The normalized spacial score (nSPS) is 27.6. The van der Waals surface area contributed by atoms with Crippen molar-refractivity contribution >= 4 is 9.84 Å². The van der Waals surface area contributed by atoms with Crippen molar-refractivity contribution < 1.29 is 13.5 Å². The zero-order valence-corrected chi connectivity index (χ0v) is 12.6. The molecule has 0 aliphatic carbocycles. The van der Waals surface area contributed by atoms with Crippen molar-refractivity contribution in [3.63, 3.8) is 0 Å². The summed E-state index contributed by atoms with van der Waals surface area (Å²) in [5.41, 5.74) is 0. The fraction of sp³-hybridized carbons (Fsp3) is 1.00.